The highest BCUT2D eigenvalue weighted by Gasteiger charge is 2.35. The molecule has 39 heavy (non-hydrogen) atoms. The minimum atomic E-state index is -0.292. The number of hydrogen-bond acceptors (Lipinski definition) is 3. The molecule has 1 saturated heterocycles. The van der Waals surface area contributed by atoms with E-state index in [1.165, 1.54) is 23.3 Å². The normalized spacial score (nSPS) is 17.3. The van der Waals surface area contributed by atoms with Crippen molar-refractivity contribution in [2.45, 2.75) is 18.5 Å². The third-order valence-electron chi connectivity index (χ3n) is 7.37. The number of carbonyl (C=O) groups is 1. The van der Waals surface area contributed by atoms with Crippen LogP contribution in [0.5, 0.6) is 0 Å². The summed E-state index contributed by atoms with van der Waals surface area (Å²) in [5, 5.41) is 10.8. The number of aromatic amines is 1. The molecule has 6 rings (SSSR count). The first-order valence-electron chi connectivity index (χ1n) is 13.2. The van der Waals surface area contributed by atoms with Crippen molar-refractivity contribution in [1.29, 1.82) is 0 Å². The molecule has 0 spiro atoms. The molecular weight excluding hydrogens is 487 g/mol. The van der Waals surface area contributed by atoms with Gasteiger partial charge >= 0.3 is 0 Å². The molecule has 0 bridgehead atoms. The van der Waals surface area contributed by atoms with Crippen molar-refractivity contribution in [3.05, 3.63) is 138 Å². The molecule has 0 unspecified atom stereocenters. The second-order valence-electron chi connectivity index (χ2n) is 10.00. The molecule has 0 aliphatic carbocycles. The van der Waals surface area contributed by atoms with Crippen LogP contribution in [0.3, 0.4) is 0 Å². The molecule has 0 saturated carbocycles. The van der Waals surface area contributed by atoms with E-state index in [0.29, 0.717) is 11.3 Å². The second kappa shape index (κ2) is 11.1. The van der Waals surface area contributed by atoms with Crippen LogP contribution in [0.1, 0.15) is 27.4 Å². The number of benzene rings is 4. The van der Waals surface area contributed by atoms with Crippen LogP contribution in [0.15, 0.2) is 115 Å². The van der Waals surface area contributed by atoms with Gasteiger partial charge in [-0.3, -0.25) is 14.8 Å². The molecule has 194 valence electrons. The largest absolute Gasteiger partial charge is 0.347 e. The highest BCUT2D eigenvalue weighted by molar-refractivity contribution is 6.00. The summed E-state index contributed by atoms with van der Waals surface area (Å²) in [5.41, 5.74) is 6.07. The molecule has 5 aromatic rings. The molecule has 1 aliphatic heterocycles. The molecule has 1 amide bonds. The van der Waals surface area contributed by atoms with E-state index >= 15 is 0 Å². The minimum absolute atomic E-state index is 0.0341. The van der Waals surface area contributed by atoms with Crippen LogP contribution in [0.25, 0.3) is 22.5 Å². The van der Waals surface area contributed by atoms with Crippen LogP contribution in [0.2, 0.25) is 0 Å². The Bertz CT molecular complexity index is 1550. The Morgan fingerprint density at radius 1 is 0.872 bits per heavy atom. The van der Waals surface area contributed by atoms with Crippen LogP contribution in [0, 0.1) is 5.82 Å². The summed E-state index contributed by atoms with van der Waals surface area (Å²) in [6, 6.07) is 36.5. The number of nitrogens with one attached hydrogen (secondary N) is 2. The molecule has 1 aliphatic rings. The van der Waals surface area contributed by atoms with Crippen LogP contribution >= 0.6 is 0 Å². The zero-order valence-corrected chi connectivity index (χ0v) is 21.4. The number of halogens is 1. The smallest absolute Gasteiger partial charge is 0.252 e. The minimum Gasteiger partial charge on any atom is -0.347 e. The van der Waals surface area contributed by atoms with Crippen LogP contribution < -0.4 is 5.32 Å². The Balaban J connectivity index is 1.24. The number of amides is 1. The first kappa shape index (κ1) is 24.8. The topological polar surface area (TPSA) is 61.0 Å². The molecule has 5 nitrogen and oxygen atoms in total. The Labute approximate surface area is 227 Å². The first-order chi connectivity index (χ1) is 19.1. The average molecular weight is 517 g/mol. The quantitative estimate of drug-likeness (QED) is 0.268. The highest BCUT2D eigenvalue weighted by atomic mass is 19.1. The van der Waals surface area contributed by atoms with E-state index in [1.54, 1.807) is 12.1 Å². The molecular formula is C33H29FN4O. The Morgan fingerprint density at radius 2 is 1.56 bits per heavy atom. The molecule has 0 radical (unpaired) electrons. The standard InChI is InChI=1S/C33H29FN4O/c34-26-17-15-25(16-18-26)30-19-31(37-36-30)27-13-7-8-14-28(27)33(39)35-32-22-38(20-23-9-3-1-4-10-23)21-29(32)24-11-5-2-6-12-24/h1-19,29,32H,20-22H2,(H,35,39)(H,36,37)/t29-,32+/m0/s1. The lowest BCUT2D eigenvalue weighted by atomic mass is 9.94. The van der Waals surface area contributed by atoms with Gasteiger partial charge in [-0.1, -0.05) is 78.9 Å². The molecule has 1 fully saturated rings. The Morgan fingerprint density at radius 3 is 2.33 bits per heavy atom. The molecule has 2 heterocycles. The van der Waals surface area contributed by atoms with Gasteiger partial charge in [0.25, 0.3) is 5.91 Å². The van der Waals surface area contributed by atoms with Crippen molar-refractivity contribution in [1.82, 2.24) is 20.4 Å². The predicted octanol–water partition coefficient (Wildman–Crippen LogP) is 6.28. The maximum Gasteiger partial charge on any atom is 0.252 e. The van der Waals surface area contributed by atoms with Crippen molar-refractivity contribution in [2.75, 3.05) is 13.1 Å². The lowest BCUT2D eigenvalue weighted by Crippen LogP contribution is -2.40. The Kier molecular flexibility index (Phi) is 7.02. The molecule has 1 aromatic heterocycles. The summed E-state index contributed by atoms with van der Waals surface area (Å²) in [4.78, 5) is 16.2. The maximum atomic E-state index is 13.7. The van der Waals surface area contributed by atoms with E-state index < -0.39 is 0 Å². The maximum absolute atomic E-state index is 13.7. The van der Waals surface area contributed by atoms with Crippen molar-refractivity contribution < 1.29 is 9.18 Å². The number of nitrogens with zero attached hydrogens (tertiary/aromatic N) is 2. The van der Waals surface area contributed by atoms with Crippen molar-refractivity contribution >= 4 is 5.91 Å². The average Bonchev–Trinajstić information content (AvgIpc) is 3.62. The Hall–Kier alpha value is -4.55. The van der Waals surface area contributed by atoms with Gasteiger partial charge in [-0.05, 0) is 47.5 Å². The zero-order chi connectivity index (χ0) is 26.6. The van der Waals surface area contributed by atoms with Gasteiger partial charge in [-0.15, -0.1) is 0 Å². The van der Waals surface area contributed by atoms with Gasteiger partial charge in [0.2, 0.25) is 0 Å². The van der Waals surface area contributed by atoms with E-state index in [2.05, 4.69) is 68.9 Å². The number of aromatic nitrogens is 2. The van der Waals surface area contributed by atoms with Gasteiger partial charge in [0, 0.05) is 48.3 Å². The summed E-state index contributed by atoms with van der Waals surface area (Å²) in [6.07, 6.45) is 0. The zero-order valence-electron chi connectivity index (χ0n) is 21.4. The summed E-state index contributed by atoms with van der Waals surface area (Å²) in [6.45, 7) is 2.47. The number of carbonyl (C=O) groups excluding carboxylic acids is 1. The summed E-state index contributed by atoms with van der Waals surface area (Å²) in [7, 11) is 0. The van der Waals surface area contributed by atoms with E-state index in [4.69, 9.17) is 0 Å². The van der Waals surface area contributed by atoms with Gasteiger partial charge in [-0.25, -0.2) is 4.39 Å². The van der Waals surface area contributed by atoms with Gasteiger partial charge in [0.05, 0.1) is 11.4 Å². The lowest BCUT2D eigenvalue weighted by molar-refractivity contribution is 0.0935. The SMILES string of the molecule is O=C(N[C@@H]1CN(Cc2ccccc2)C[C@H]1c1ccccc1)c1ccccc1-c1cc(-c2ccc(F)cc2)n[nH]1. The summed E-state index contributed by atoms with van der Waals surface area (Å²) >= 11 is 0. The van der Waals surface area contributed by atoms with E-state index in [9.17, 15) is 9.18 Å². The van der Waals surface area contributed by atoms with Gasteiger partial charge in [-0.2, -0.15) is 5.10 Å². The summed E-state index contributed by atoms with van der Waals surface area (Å²) < 4.78 is 13.4. The van der Waals surface area contributed by atoms with Crippen LogP contribution in [-0.2, 0) is 6.54 Å². The number of likely N-dealkylation sites (tertiary alicyclic amines) is 1. The van der Waals surface area contributed by atoms with Crippen LogP contribution in [-0.4, -0.2) is 40.1 Å². The van der Waals surface area contributed by atoms with Gasteiger partial charge in [0.15, 0.2) is 0 Å². The van der Waals surface area contributed by atoms with E-state index in [0.717, 1.165) is 36.5 Å². The fourth-order valence-electron chi connectivity index (χ4n) is 5.43. The monoisotopic (exact) mass is 516 g/mol. The number of hydrogen-bond donors (Lipinski definition) is 2. The molecule has 4 aromatic carbocycles. The third-order valence-corrected chi connectivity index (χ3v) is 7.37. The van der Waals surface area contributed by atoms with Crippen LogP contribution in [0.4, 0.5) is 4.39 Å². The predicted molar refractivity (Wildman–Crippen MR) is 152 cm³/mol. The molecule has 6 heteroatoms. The van der Waals surface area contributed by atoms with E-state index in [-0.39, 0.29) is 23.7 Å². The highest BCUT2D eigenvalue weighted by Crippen LogP contribution is 2.31. The fourth-order valence-corrected chi connectivity index (χ4v) is 5.43. The molecule has 2 atom stereocenters. The lowest BCUT2D eigenvalue weighted by Gasteiger charge is -2.21. The van der Waals surface area contributed by atoms with Crippen molar-refractivity contribution in [3.63, 3.8) is 0 Å². The number of H-pyrrole nitrogens is 1. The van der Waals surface area contributed by atoms with Crippen molar-refractivity contribution in [2.24, 2.45) is 0 Å². The van der Waals surface area contributed by atoms with Gasteiger partial charge < -0.3 is 5.32 Å². The third kappa shape index (κ3) is 5.52. The fraction of sp³-hybridized carbons (Fsp3) is 0.152. The van der Waals surface area contributed by atoms with Gasteiger partial charge in [0.1, 0.15) is 5.82 Å². The first-order valence-corrected chi connectivity index (χ1v) is 13.2. The second-order valence-corrected chi connectivity index (χ2v) is 10.00. The number of rotatable bonds is 7. The van der Waals surface area contributed by atoms with Crippen molar-refractivity contribution in [3.8, 4) is 22.5 Å². The van der Waals surface area contributed by atoms with E-state index in [1.807, 2.05) is 42.5 Å². The molecule has 2 N–H and O–H groups in total. The summed E-state index contributed by atoms with van der Waals surface area (Å²) in [5.74, 6) is -0.223.